The average molecular weight is 122 g/mol. The molecule has 0 nitrogen and oxygen atoms in total. The first-order valence-corrected chi connectivity index (χ1v) is 4.12. The molecular formula is C9H14. The average Bonchev–Trinajstić information content (AvgIpc) is 2.46. The van der Waals surface area contributed by atoms with Crippen LogP contribution >= 0.6 is 0 Å². The molecule has 2 aliphatic carbocycles. The summed E-state index contributed by atoms with van der Waals surface area (Å²) in [6.07, 6.45) is 11.9. The van der Waals surface area contributed by atoms with Crippen LogP contribution in [-0.2, 0) is 0 Å². The minimum atomic E-state index is 1.10. The van der Waals surface area contributed by atoms with Gasteiger partial charge in [-0.2, -0.15) is 0 Å². The van der Waals surface area contributed by atoms with Gasteiger partial charge in [-0.05, 0) is 43.9 Å². The second kappa shape index (κ2) is 2.17. The Labute approximate surface area is 57.0 Å². The summed E-state index contributed by atoms with van der Waals surface area (Å²) in [4.78, 5) is 0. The molecule has 2 atom stereocenters. The van der Waals surface area contributed by atoms with Gasteiger partial charge in [0.05, 0.1) is 0 Å². The van der Waals surface area contributed by atoms with Crippen LogP contribution in [0.2, 0.25) is 0 Å². The van der Waals surface area contributed by atoms with Gasteiger partial charge in [-0.25, -0.2) is 0 Å². The van der Waals surface area contributed by atoms with Crippen LogP contribution in [-0.4, -0.2) is 0 Å². The minimum absolute atomic E-state index is 1.10. The predicted molar refractivity (Wildman–Crippen MR) is 39.2 cm³/mol. The first-order valence-electron chi connectivity index (χ1n) is 4.12. The van der Waals surface area contributed by atoms with Crippen molar-refractivity contribution in [1.82, 2.24) is 0 Å². The maximum Gasteiger partial charge on any atom is -0.0319 e. The lowest BCUT2D eigenvalue weighted by Gasteiger charge is -1.99. The van der Waals surface area contributed by atoms with E-state index in [2.05, 4.69) is 12.2 Å². The van der Waals surface area contributed by atoms with E-state index in [1.54, 1.807) is 0 Å². The SMILES string of the molecule is C1=C\C[C@H]2C[C@H]2CCC/1. The van der Waals surface area contributed by atoms with E-state index < -0.39 is 0 Å². The maximum atomic E-state index is 2.38. The molecule has 0 heteroatoms. The third-order valence-corrected chi connectivity index (χ3v) is 2.62. The minimum Gasteiger partial charge on any atom is -0.0885 e. The Hall–Kier alpha value is -0.260. The molecule has 0 aromatic carbocycles. The van der Waals surface area contributed by atoms with Gasteiger partial charge in [0.2, 0.25) is 0 Å². The summed E-state index contributed by atoms with van der Waals surface area (Å²) in [6, 6.07) is 0. The molecule has 0 aromatic rings. The normalized spacial score (nSPS) is 44.4. The molecule has 9 heavy (non-hydrogen) atoms. The van der Waals surface area contributed by atoms with Crippen LogP contribution in [0.15, 0.2) is 12.2 Å². The molecule has 0 bridgehead atoms. The van der Waals surface area contributed by atoms with Crippen molar-refractivity contribution in [2.75, 3.05) is 0 Å². The van der Waals surface area contributed by atoms with E-state index in [1.807, 2.05) is 0 Å². The highest BCUT2D eigenvalue weighted by Crippen LogP contribution is 2.45. The van der Waals surface area contributed by atoms with Gasteiger partial charge in [0.15, 0.2) is 0 Å². The summed E-state index contributed by atoms with van der Waals surface area (Å²) in [6.45, 7) is 0. The Bertz CT molecular complexity index is 124. The zero-order valence-electron chi connectivity index (χ0n) is 5.84. The molecule has 0 spiro atoms. The summed E-state index contributed by atoms with van der Waals surface area (Å²) in [5.41, 5.74) is 0. The molecule has 0 radical (unpaired) electrons. The number of rotatable bonds is 0. The van der Waals surface area contributed by atoms with Gasteiger partial charge in [0.25, 0.3) is 0 Å². The van der Waals surface area contributed by atoms with Gasteiger partial charge < -0.3 is 0 Å². The molecule has 1 saturated carbocycles. The Morgan fingerprint density at radius 2 is 2.11 bits per heavy atom. The molecule has 50 valence electrons. The Balaban J connectivity index is 1.93. The summed E-state index contributed by atoms with van der Waals surface area (Å²) >= 11 is 0. The fraction of sp³-hybridized carbons (Fsp3) is 0.778. The van der Waals surface area contributed by atoms with Crippen molar-refractivity contribution in [3.63, 3.8) is 0 Å². The number of hydrogen-bond donors (Lipinski definition) is 0. The number of allylic oxidation sites excluding steroid dienone is 2. The first kappa shape index (κ1) is 5.52. The zero-order valence-corrected chi connectivity index (χ0v) is 5.84. The molecular weight excluding hydrogens is 108 g/mol. The van der Waals surface area contributed by atoms with Crippen LogP contribution < -0.4 is 0 Å². The van der Waals surface area contributed by atoms with Crippen LogP contribution in [0.3, 0.4) is 0 Å². The molecule has 0 heterocycles. The highest BCUT2D eigenvalue weighted by Gasteiger charge is 2.35. The predicted octanol–water partition coefficient (Wildman–Crippen LogP) is 2.75. The Kier molecular flexibility index (Phi) is 1.33. The summed E-state index contributed by atoms with van der Waals surface area (Å²) in [5.74, 6) is 2.23. The fourth-order valence-corrected chi connectivity index (χ4v) is 1.84. The van der Waals surface area contributed by atoms with Crippen molar-refractivity contribution in [1.29, 1.82) is 0 Å². The summed E-state index contributed by atoms with van der Waals surface area (Å²) in [5, 5.41) is 0. The van der Waals surface area contributed by atoms with Gasteiger partial charge in [0.1, 0.15) is 0 Å². The second-order valence-corrected chi connectivity index (χ2v) is 3.39. The van der Waals surface area contributed by atoms with Crippen LogP contribution in [0.1, 0.15) is 32.1 Å². The highest BCUT2D eigenvalue weighted by molar-refractivity contribution is 4.96. The quantitative estimate of drug-likeness (QED) is 0.433. The van der Waals surface area contributed by atoms with Gasteiger partial charge in [-0.15, -0.1) is 0 Å². The molecule has 0 amide bonds. The standard InChI is InChI=1S/C9H14/c1-2-4-6-9-7-8(9)5-3-1/h1,3,8-9H,2,4-7H2/b3-1-/t8-,9+/m0/s1. The largest absolute Gasteiger partial charge is 0.0885 e. The molecule has 0 unspecified atom stereocenters. The molecule has 2 aliphatic rings. The van der Waals surface area contributed by atoms with E-state index in [9.17, 15) is 0 Å². The lowest BCUT2D eigenvalue weighted by molar-refractivity contribution is 0.605. The van der Waals surface area contributed by atoms with E-state index in [-0.39, 0.29) is 0 Å². The van der Waals surface area contributed by atoms with Crippen molar-refractivity contribution < 1.29 is 0 Å². The fourth-order valence-electron chi connectivity index (χ4n) is 1.84. The van der Waals surface area contributed by atoms with E-state index in [0.717, 1.165) is 11.8 Å². The Morgan fingerprint density at radius 1 is 1.11 bits per heavy atom. The van der Waals surface area contributed by atoms with Crippen LogP contribution in [0, 0.1) is 11.8 Å². The van der Waals surface area contributed by atoms with Gasteiger partial charge in [0, 0.05) is 0 Å². The van der Waals surface area contributed by atoms with Crippen molar-refractivity contribution in [3.8, 4) is 0 Å². The molecule has 0 N–H and O–H groups in total. The third-order valence-electron chi connectivity index (χ3n) is 2.62. The lowest BCUT2D eigenvalue weighted by Crippen LogP contribution is -1.85. The van der Waals surface area contributed by atoms with Crippen LogP contribution in [0.5, 0.6) is 0 Å². The monoisotopic (exact) mass is 122 g/mol. The van der Waals surface area contributed by atoms with Gasteiger partial charge in [-0.1, -0.05) is 12.2 Å². The van der Waals surface area contributed by atoms with E-state index in [1.165, 1.54) is 32.1 Å². The molecule has 0 aliphatic heterocycles. The molecule has 0 saturated heterocycles. The second-order valence-electron chi connectivity index (χ2n) is 3.39. The van der Waals surface area contributed by atoms with Crippen molar-refractivity contribution in [2.24, 2.45) is 11.8 Å². The van der Waals surface area contributed by atoms with Crippen LogP contribution in [0.25, 0.3) is 0 Å². The third kappa shape index (κ3) is 1.17. The Morgan fingerprint density at radius 3 is 3.11 bits per heavy atom. The first-order chi connectivity index (χ1) is 4.47. The van der Waals surface area contributed by atoms with Crippen molar-refractivity contribution >= 4 is 0 Å². The van der Waals surface area contributed by atoms with E-state index in [4.69, 9.17) is 0 Å². The smallest absolute Gasteiger partial charge is 0.0319 e. The highest BCUT2D eigenvalue weighted by atomic mass is 14.4. The number of fused-ring (bicyclic) bond motifs is 1. The van der Waals surface area contributed by atoms with Crippen molar-refractivity contribution in [2.45, 2.75) is 32.1 Å². The lowest BCUT2D eigenvalue weighted by atomic mass is 10.1. The zero-order chi connectivity index (χ0) is 6.10. The summed E-state index contributed by atoms with van der Waals surface area (Å²) < 4.78 is 0. The maximum absolute atomic E-state index is 2.38. The van der Waals surface area contributed by atoms with E-state index >= 15 is 0 Å². The van der Waals surface area contributed by atoms with Gasteiger partial charge in [-0.3, -0.25) is 0 Å². The summed E-state index contributed by atoms with van der Waals surface area (Å²) in [7, 11) is 0. The van der Waals surface area contributed by atoms with Crippen molar-refractivity contribution in [3.05, 3.63) is 12.2 Å². The topological polar surface area (TPSA) is 0 Å². The number of hydrogen-bond acceptors (Lipinski definition) is 0. The van der Waals surface area contributed by atoms with E-state index in [0.29, 0.717) is 0 Å². The van der Waals surface area contributed by atoms with Crippen LogP contribution in [0.4, 0.5) is 0 Å². The van der Waals surface area contributed by atoms with Gasteiger partial charge >= 0.3 is 0 Å². The molecule has 2 rings (SSSR count). The molecule has 0 aromatic heterocycles. The molecule has 1 fully saturated rings.